The number of carbonyl (C=O) groups excluding carboxylic acids is 1. The Morgan fingerprint density at radius 3 is 2.91 bits per heavy atom. The molecule has 33 heavy (non-hydrogen) atoms. The van der Waals surface area contributed by atoms with E-state index >= 15 is 0 Å². The van der Waals surface area contributed by atoms with Crippen molar-refractivity contribution in [1.82, 2.24) is 20.3 Å². The minimum atomic E-state index is -0.722. The van der Waals surface area contributed by atoms with Crippen LogP contribution in [0.4, 0.5) is 16.0 Å². The zero-order valence-electron chi connectivity index (χ0n) is 18.5. The summed E-state index contributed by atoms with van der Waals surface area (Å²) in [6.07, 6.45) is 5.91. The van der Waals surface area contributed by atoms with E-state index < -0.39 is 11.5 Å². The number of piperidine rings is 1. The number of amides is 1. The van der Waals surface area contributed by atoms with Gasteiger partial charge in [0.25, 0.3) is 5.95 Å². The van der Waals surface area contributed by atoms with Crippen molar-refractivity contribution < 1.29 is 18.7 Å². The van der Waals surface area contributed by atoms with Crippen LogP contribution in [0.2, 0.25) is 5.02 Å². The lowest BCUT2D eigenvalue weighted by Gasteiger charge is -2.36. The van der Waals surface area contributed by atoms with Gasteiger partial charge in [0, 0.05) is 58.0 Å². The maximum atomic E-state index is 14.4. The van der Waals surface area contributed by atoms with E-state index in [0.717, 1.165) is 19.4 Å². The molecule has 3 N–H and O–H groups in total. The van der Waals surface area contributed by atoms with Crippen molar-refractivity contribution in [2.45, 2.75) is 31.3 Å². The summed E-state index contributed by atoms with van der Waals surface area (Å²) in [6, 6.07) is 1.62. The Morgan fingerprint density at radius 2 is 2.18 bits per heavy atom. The van der Waals surface area contributed by atoms with E-state index in [9.17, 15) is 9.18 Å². The number of carbonyl (C=O) groups is 1. The van der Waals surface area contributed by atoms with Crippen LogP contribution in [0.5, 0.6) is 0 Å². The number of nitrogens with one attached hydrogen (secondary N) is 3. The van der Waals surface area contributed by atoms with Gasteiger partial charge >= 0.3 is 0 Å². The Labute approximate surface area is 196 Å². The van der Waals surface area contributed by atoms with Crippen molar-refractivity contribution in [3.63, 3.8) is 0 Å². The number of rotatable bonds is 7. The molecule has 178 valence electrons. The molecular formula is C22H28ClFN6O3. The Hall–Kier alpha value is -2.40. The Kier molecular flexibility index (Phi) is 7.69. The molecule has 0 radical (unpaired) electrons. The summed E-state index contributed by atoms with van der Waals surface area (Å²) in [7, 11) is 1.64. The highest BCUT2D eigenvalue weighted by Crippen LogP contribution is 2.30. The standard InChI is InChI=1S/C22H28ClFN6O3/c1-32-22(4-7-33-8-5-22)13-28-20-19(24)27-12-17(29-20)15-9-18(26-11-16(15)23)30-21(31)14-3-2-6-25-10-14/h9,11-12,14,25H,2-8,10,13H2,1H3,(H,28,29)(H,26,30,31)/t14-/m1/s1. The van der Waals surface area contributed by atoms with E-state index in [1.165, 1.54) is 12.4 Å². The normalized spacial score (nSPS) is 20.3. The monoisotopic (exact) mass is 478 g/mol. The summed E-state index contributed by atoms with van der Waals surface area (Å²) in [4.78, 5) is 25.0. The van der Waals surface area contributed by atoms with Gasteiger partial charge in [-0.05, 0) is 25.5 Å². The second-order valence-electron chi connectivity index (χ2n) is 8.33. The van der Waals surface area contributed by atoms with Crippen LogP contribution in [0.1, 0.15) is 25.7 Å². The van der Waals surface area contributed by atoms with Gasteiger partial charge in [0.15, 0.2) is 5.82 Å². The van der Waals surface area contributed by atoms with E-state index in [0.29, 0.717) is 61.2 Å². The maximum Gasteiger partial charge on any atom is 0.255 e. The molecule has 1 atom stereocenters. The van der Waals surface area contributed by atoms with E-state index in [-0.39, 0.29) is 17.6 Å². The highest BCUT2D eigenvalue weighted by molar-refractivity contribution is 6.33. The molecule has 0 aliphatic carbocycles. The third kappa shape index (κ3) is 5.75. The maximum absolute atomic E-state index is 14.4. The molecule has 0 saturated carbocycles. The number of hydrogen-bond acceptors (Lipinski definition) is 8. The zero-order valence-corrected chi connectivity index (χ0v) is 19.3. The average molecular weight is 479 g/mol. The molecule has 4 heterocycles. The van der Waals surface area contributed by atoms with Crippen LogP contribution in [-0.2, 0) is 14.3 Å². The third-order valence-corrected chi connectivity index (χ3v) is 6.49. The van der Waals surface area contributed by atoms with Crippen LogP contribution in [0, 0.1) is 11.9 Å². The minimum absolute atomic E-state index is 0.00200. The quantitative estimate of drug-likeness (QED) is 0.557. The first-order chi connectivity index (χ1) is 16.0. The summed E-state index contributed by atoms with van der Waals surface area (Å²) >= 11 is 6.35. The van der Waals surface area contributed by atoms with Gasteiger partial charge in [-0.25, -0.2) is 15.0 Å². The Balaban J connectivity index is 1.51. The summed E-state index contributed by atoms with van der Waals surface area (Å²) in [5.41, 5.74) is 0.397. The van der Waals surface area contributed by atoms with E-state index in [4.69, 9.17) is 21.1 Å². The van der Waals surface area contributed by atoms with Crippen molar-refractivity contribution in [3.05, 3.63) is 29.4 Å². The second kappa shape index (κ2) is 10.7. The number of halogens is 2. The molecule has 0 unspecified atom stereocenters. The molecule has 11 heteroatoms. The van der Waals surface area contributed by atoms with Crippen LogP contribution in [-0.4, -0.2) is 66.4 Å². The lowest BCUT2D eigenvalue weighted by atomic mass is 9.94. The number of hydrogen-bond donors (Lipinski definition) is 3. The van der Waals surface area contributed by atoms with Gasteiger partial charge in [-0.15, -0.1) is 0 Å². The number of ether oxygens (including phenoxy) is 2. The fraction of sp³-hybridized carbons (Fsp3) is 0.545. The summed E-state index contributed by atoms with van der Waals surface area (Å²) in [5.74, 6) is -0.579. The Morgan fingerprint density at radius 1 is 1.36 bits per heavy atom. The van der Waals surface area contributed by atoms with E-state index in [2.05, 4.69) is 30.9 Å². The largest absolute Gasteiger partial charge is 0.381 e. The van der Waals surface area contributed by atoms with E-state index in [1.807, 2.05) is 0 Å². The number of pyridine rings is 1. The van der Waals surface area contributed by atoms with Crippen LogP contribution in [0.25, 0.3) is 11.3 Å². The van der Waals surface area contributed by atoms with Crippen molar-refractivity contribution in [2.75, 3.05) is 50.6 Å². The van der Waals surface area contributed by atoms with Gasteiger partial charge in [0.05, 0.1) is 28.4 Å². The van der Waals surface area contributed by atoms with Gasteiger partial charge in [-0.3, -0.25) is 4.79 Å². The van der Waals surface area contributed by atoms with Gasteiger partial charge in [-0.1, -0.05) is 11.6 Å². The van der Waals surface area contributed by atoms with Gasteiger partial charge in [0.1, 0.15) is 5.82 Å². The third-order valence-electron chi connectivity index (χ3n) is 6.19. The van der Waals surface area contributed by atoms with Gasteiger partial charge in [-0.2, -0.15) is 4.39 Å². The van der Waals surface area contributed by atoms with Gasteiger partial charge in [0.2, 0.25) is 5.91 Å². The number of nitrogens with zero attached hydrogens (tertiary/aromatic N) is 3. The molecule has 2 aliphatic rings. The highest BCUT2D eigenvalue weighted by atomic mass is 35.5. The molecule has 2 fully saturated rings. The fourth-order valence-electron chi connectivity index (χ4n) is 4.07. The summed E-state index contributed by atoms with van der Waals surface area (Å²) < 4.78 is 25.5. The first-order valence-electron chi connectivity index (χ1n) is 11.1. The fourth-order valence-corrected chi connectivity index (χ4v) is 4.27. The average Bonchev–Trinajstić information content (AvgIpc) is 2.86. The first kappa shape index (κ1) is 23.7. The lowest BCUT2D eigenvalue weighted by molar-refractivity contribution is -0.120. The number of aromatic nitrogens is 3. The first-order valence-corrected chi connectivity index (χ1v) is 11.4. The molecule has 2 aromatic rings. The van der Waals surface area contributed by atoms with Crippen molar-refractivity contribution in [3.8, 4) is 11.3 Å². The van der Waals surface area contributed by atoms with Crippen LogP contribution in [0.15, 0.2) is 18.5 Å². The van der Waals surface area contributed by atoms with Crippen LogP contribution >= 0.6 is 11.6 Å². The van der Waals surface area contributed by atoms with E-state index in [1.54, 1.807) is 13.2 Å². The second-order valence-corrected chi connectivity index (χ2v) is 8.74. The number of methoxy groups -OCH3 is 1. The van der Waals surface area contributed by atoms with Crippen LogP contribution in [0.3, 0.4) is 0 Å². The van der Waals surface area contributed by atoms with Crippen molar-refractivity contribution >= 4 is 29.1 Å². The molecular weight excluding hydrogens is 451 g/mol. The minimum Gasteiger partial charge on any atom is -0.381 e. The molecule has 9 nitrogen and oxygen atoms in total. The SMILES string of the molecule is COC1(CNc2nc(-c3cc(NC(=O)[C@@H]4CCCNC4)ncc3Cl)cnc2F)CCOCC1. The molecule has 2 saturated heterocycles. The van der Waals surface area contributed by atoms with Crippen LogP contribution < -0.4 is 16.0 Å². The lowest BCUT2D eigenvalue weighted by Crippen LogP contribution is -2.44. The molecule has 2 aliphatic heterocycles. The predicted octanol–water partition coefficient (Wildman–Crippen LogP) is 2.88. The summed E-state index contributed by atoms with van der Waals surface area (Å²) in [5, 5.41) is 9.41. The molecule has 1 amide bonds. The van der Waals surface area contributed by atoms with Gasteiger partial charge < -0.3 is 25.4 Å². The topological polar surface area (TPSA) is 110 Å². The van der Waals surface area contributed by atoms with Crippen molar-refractivity contribution in [1.29, 1.82) is 0 Å². The molecule has 0 spiro atoms. The molecule has 4 rings (SSSR count). The molecule has 2 aromatic heterocycles. The molecule has 0 bridgehead atoms. The molecule has 0 aromatic carbocycles. The smallest absolute Gasteiger partial charge is 0.255 e. The predicted molar refractivity (Wildman–Crippen MR) is 123 cm³/mol. The summed E-state index contributed by atoms with van der Waals surface area (Å²) in [6.45, 7) is 3.10. The van der Waals surface area contributed by atoms with Crippen molar-refractivity contribution in [2.24, 2.45) is 5.92 Å². The number of anilines is 2. The highest BCUT2D eigenvalue weighted by Gasteiger charge is 2.32. The Bertz CT molecular complexity index is 983. The zero-order chi connectivity index (χ0) is 23.3.